The first-order valence-electron chi connectivity index (χ1n) is 6.93. The topological polar surface area (TPSA) is 50.1 Å². The van der Waals surface area contributed by atoms with E-state index in [1.54, 1.807) is 4.90 Å². The largest absolute Gasteiger partial charge is 0.370 e. The number of ether oxygens (including phenoxy) is 1. The van der Waals surface area contributed by atoms with E-state index < -0.39 is 0 Å². The summed E-state index contributed by atoms with van der Waals surface area (Å²) in [6.07, 6.45) is 4.24. The maximum atomic E-state index is 5.33. The van der Waals surface area contributed by atoms with Gasteiger partial charge < -0.3 is 15.0 Å². The molecule has 1 aliphatic carbocycles. The second-order valence-electron chi connectivity index (χ2n) is 5.07. The van der Waals surface area contributed by atoms with E-state index >= 15 is 0 Å². The minimum Gasteiger partial charge on any atom is -0.370 e. The molecule has 1 aliphatic heterocycles. The van der Waals surface area contributed by atoms with Crippen LogP contribution in [0.25, 0.3) is 0 Å². The molecule has 106 valence electrons. The van der Waals surface area contributed by atoms with E-state index in [-0.39, 0.29) is 0 Å². The summed E-state index contributed by atoms with van der Waals surface area (Å²) in [5.41, 5.74) is 5.38. The normalized spacial score (nSPS) is 22.4. The Bertz CT molecular complexity index is 375. The molecule has 0 bridgehead atoms. The standard InChI is InChI=1S/C13H22N4OS/c1-11-2-3-12(10-11)15-16-13(19)14-4-5-17-6-8-18-9-7-17/h10H,2-9H2,1H3,(H2,14,16,19)/p+1/b15-12+. The molecular weight excluding hydrogens is 260 g/mol. The molecule has 0 aromatic rings. The molecule has 0 radical (unpaired) electrons. The Morgan fingerprint density at radius 3 is 2.89 bits per heavy atom. The van der Waals surface area contributed by atoms with E-state index in [0.29, 0.717) is 5.11 Å². The molecule has 0 spiro atoms. The molecule has 6 heteroatoms. The highest BCUT2D eigenvalue weighted by Crippen LogP contribution is 2.13. The minimum atomic E-state index is 0.609. The van der Waals surface area contributed by atoms with Gasteiger partial charge in [0.1, 0.15) is 13.1 Å². The van der Waals surface area contributed by atoms with Crippen LogP contribution in [0.1, 0.15) is 19.8 Å². The van der Waals surface area contributed by atoms with Gasteiger partial charge in [-0.3, -0.25) is 5.43 Å². The highest BCUT2D eigenvalue weighted by Gasteiger charge is 2.12. The lowest BCUT2D eigenvalue weighted by Gasteiger charge is -2.23. The van der Waals surface area contributed by atoms with Crippen molar-refractivity contribution in [1.29, 1.82) is 0 Å². The van der Waals surface area contributed by atoms with Gasteiger partial charge in [0.15, 0.2) is 5.11 Å². The van der Waals surface area contributed by atoms with Gasteiger partial charge in [-0.15, -0.1) is 0 Å². The molecule has 0 atom stereocenters. The molecule has 19 heavy (non-hydrogen) atoms. The van der Waals surface area contributed by atoms with Gasteiger partial charge in [0.05, 0.1) is 32.0 Å². The Morgan fingerprint density at radius 2 is 2.21 bits per heavy atom. The van der Waals surface area contributed by atoms with Crippen molar-refractivity contribution >= 4 is 23.0 Å². The fourth-order valence-corrected chi connectivity index (χ4v) is 2.41. The Kier molecular flexibility index (Phi) is 5.75. The third-order valence-electron chi connectivity index (χ3n) is 3.45. The van der Waals surface area contributed by atoms with Crippen LogP contribution in [0.15, 0.2) is 16.8 Å². The second-order valence-corrected chi connectivity index (χ2v) is 5.48. The predicted octanol–water partition coefficient (Wildman–Crippen LogP) is -0.538. The number of hydrazone groups is 1. The van der Waals surface area contributed by atoms with Crippen molar-refractivity contribution in [2.45, 2.75) is 19.8 Å². The van der Waals surface area contributed by atoms with Crippen LogP contribution in [-0.2, 0) is 4.74 Å². The van der Waals surface area contributed by atoms with Crippen LogP contribution in [0.5, 0.6) is 0 Å². The maximum absolute atomic E-state index is 5.33. The van der Waals surface area contributed by atoms with Crippen LogP contribution < -0.4 is 15.6 Å². The summed E-state index contributed by atoms with van der Waals surface area (Å²) in [5.74, 6) is 0. The zero-order chi connectivity index (χ0) is 13.5. The summed E-state index contributed by atoms with van der Waals surface area (Å²) in [7, 11) is 0. The smallest absolute Gasteiger partial charge is 0.187 e. The average Bonchev–Trinajstić information content (AvgIpc) is 2.83. The van der Waals surface area contributed by atoms with Crippen LogP contribution in [-0.4, -0.2) is 50.2 Å². The number of morpholine rings is 1. The summed E-state index contributed by atoms with van der Waals surface area (Å²) in [6.45, 7) is 8.00. The number of allylic oxidation sites excluding steroid dienone is 2. The van der Waals surface area contributed by atoms with Crippen molar-refractivity contribution in [1.82, 2.24) is 10.7 Å². The number of nitrogens with zero attached hydrogens (tertiary/aromatic N) is 1. The van der Waals surface area contributed by atoms with Gasteiger partial charge in [-0.1, -0.05) is 5.57 Å². The van der Waals surface area contributed by atoms with Crippen LogP contribution in [0.3, 0.4) is 0 Å². The first-order chi connectivity index (χ1) is 9.24. The van der Waals surface area contributed by atoms with E-state index in [9.17, 15) is 0 Å². The Morgan fingerprint density at radius 1 is 1.42 bits per heavy atom. The van der Waals surface area contributed by atoms with Crippen LogP contribution >= 0.6 is 12.2 Å². The SMILES string of the molecule is CC1=C/C(=N/NC(=S)NCC[NH+]2CCOCC2)CC1. The molecule has 3 N–H and O–H groups in total. The number of thiocarbonyl (C=S) groups is 1. The van der Waals surface area contributed by atoms with Gasteiger partial charge in [-0.05, 0) is 38.1 Å². The van der Waals surface area contributed by atoms with Gasteiger partial charge in [0.2, 0.25) is 0 Å². The molecule has 0 saturated carbocycles. The Labute approximate surface area is 120 Å². The zero-order valence-electron chi connectivity index (χ0n) is 11.5. The van der Waals surface area contributed by atoms with E-state index in [1.165, 1.54) is 5.57 Å². The summed E-state index contributed by atoms with van der Waals surface area (Å²) >= 11 is 5.20. The lowest BCUT2D eigenvalue weighted by Crippen LogP contribution is -3.14. The average molecular weight is 283 g/mol. The molecule has 0 aromatic heterocycles. The van der Waals surface area contributed by atoms with Crippen molar-refractivity contribution in [2.24, 2.45) is 5.10 Å². The van der Waals surface area contributed by atoms with Gasteiger partial charge >= 0.3 is 0 Å². The molecule has 2 rings (SSSR count). The van der Waals surface area contributed by atoms with Crippen LogP contribution in [0, 0.1) is 0 Å². The molecular formula is C13H23N4OS+. The molecule has 1 heterocycles. The molecule has 5 nitrogen and oxygen atoms in total. The number of nitrogens with one attached hydrogen (secondary N) is 3. The maximum Gasteiger partial charge on any atom is 0.187 e. The highest BCUT2D eigenvalue weighted by molar-refractivity contribution is 7.80. The van der Waals surface area contributed by atoms with Gasteiger partial charge in [0, 0.05) is 0 Å². The predicted molar refractivity (Wildman–Crippen MR) is 80.5 cm³/mol. The minimum absolute atomic E-state index is 0.609. The van der Waals surface area contributed by atoms with Crippen molar-refractivity contribution < 1.29 is 9.64 Å². The number of rotatable bonds is 4. The molecule has 0 amide bonds. The molecule has 1 fully saturated rings. The van der Waals surface area contributed by atoms with E-state index in [4.69, 9.17) is 17.0 Å². The van der Waals surface area contributed by atoms with Crippen molar-refractivity contribution in [3.63, 3.8) is 0 Å². The fraction of sp³-hybridized carbons (Fsp3) is 0.692. The fourth-order valence-electron chi connectivity index (χ4n) is 2.27. The Balaban J connectivity index is 1.59. The molecule has 0 unspecified atom stereocenters. The lowest BCUT2D eigenvalue weighted by atomic mass is 10.3. The van der Waals surface area contributed by atoms with Crippen LogP contribution in [0.4, 0.5) is 0 Å². The highest BCUT2D eigenvalue weighted by atomic mass is 32.1. The third-order valence-corrected chi connectivity index (χ3v) is 3.69. The number of hydrogen-bond acceptors (Lipinski definition) is 3. The van der Waals surface area contributed by atoms with Gasteiger partial charge in [-0.2, -0.15) is 5.10 Å². The van der Waals surface area contributed by atoms with E-state index in [1.807, 2.05) is 0 Å². The number of hydrogen-bond donors (Lipinski definition) is 3. The van der Waals surface area contributed by atoms with Gasteiger partial charge in [-0.25, -0.2) is 0 Å². The lowest BCUT2D eigenvalue weighted by molar-refractivity contribution is -0.906. The van der Waals surface area contributed by atoms with Crippen molar-refractivity contribution in [3.05, 3.63) is 11.6 Å². The van der Waals surface area contributed by atoms with E-state index in [2.05, 4.69) is 28.8 Å². The first-order valence-corrected chi connectivity index (χ1v) is 7.34. The number of quaternary nitrogens is 1. The van der Waals surface area contributed by atoms with Crippen LogP contribution in [0.2, 0.25) is 0 Å². The quantitative estimate of drug-likeness (QED) is 0.479. The monoisotopic (exact) mass is 283 g/mol. The summed E-state index contributed by atoms with van der Waals surface area (Å²) < 4.78 is 5.33. The van der Waals surface area contributed by atoms with Crippen molar-refractivity contribution in [2.75, 3.05) is 39.4 Å². The summed E-state index contributed by atoms with van der Waals surface area (Å²) in [6, 6.07) is 0. The zero-order valence-corrected chi connectivity index (χ0v) is 12.3. The molecule has 0 aromatic carbocycles. The summed E-state index contributed by atoms with van der Waals surface area (Å²) in [4.78, 5) is 1.57. The summed E-state index contributed by atoms with van der Waals surface area (Å²) in [5, 5.41) is 8.10. The molecule has 2 aliphatic rings. The second kappa shape index (κ2) is 7.57. The Hall–Kier alpha value is -0.980. The third kappa shape index (κ3) is 5.26. The van der Waals surface area contributed by atoms with Crippen molar-refractivity contribution in [3.8, 4) is 0 Å². The first kappa shape index (κ1) is 14.4. The van der Waals surface area contributed by atoms with Gasteiger partial charge in [0.25, 0.3) is 0 Å². The molecule has 1 saturated heterocycles. The van der Waals surface area contributed by atoms with E-state index in [0.717, 1.165) is 57.9 Å².